The van der Waals surface area contributed by atoms with Gasteiger partial charge in [-0.05, 0) is 63.5 Å². The van der Waals surface area contributed by atoms with Gasteiger partial charge in [-0.15, -0.1) is 0 Å². The maximum Gasteiger partial charge on any atom is 0.260 e. The number of hydrogen-bond acceptors (Lipinski definition) is 5. The lowest BCUT2D eigenvalue weighted by atomic mass is 10.2. The van der Waals surface area contributed by atoms with E-state index in [2.05, 4.69) is 9.88 Å². The van der Waals surface area contributed by atoms with E-state index in [1.54, 1.807) is 12.0 Å². The Morgan fingerprint density at radius 2 is 1.89 bits per heavy atom. The van der Waals surface area contributed by atoms with E-state index in [9.17, 15) is 9.18 Å². The van der Waals surface area contributed by atoms with Crippen molar-refractivity contribution in [2.45, 2.75) is 6.42 Å². The third-order valence-corrected chi connectivity index (χ3v) is 5.20. The minimum atomic E-state index is -0.363. The molecule has 3 aromatic rings. The maximum atomic E-state index is 13.2. The molecule has 0 radical (unpaired) electrons. The zero-order valence-corrected chi connectivity index (χ0v) is 16.4. The molecule has 0 unspecified atom stereocenters. The van der Waals surface area contributed by atoms with Crippen LogP contribution in [0.5, 0.6) is 5.75 Å². The Balaban J connectivity index is 1.93. The van der Waals surface area contributed by atoms with Crippen LogP contribution in [0.2, 0.25) is 0 Å². The van der Waals surface area contributed by atoms with Gasteiger partial charge in [0.25, 0.3) is 5.91 Å². The van der Waals surface area contributed by atoms with Gasteiger partial charge in [0.05, 0.1) is 17.3 Å². The van der Waals surface area contributed by atoms with Crippen LogP contribution in [0.15, 0.2) is 42.5 Å². The van der Waals surface area contributed by atoms with Crippen LogP contribution in [-0.2, 0) is 0 Å². The molecule has 142 valence electrons. The topological polar surface area (TPSA) is 45.7 Å². The molecule has 7 heteroatoms. The highest BCUT2D eigenvalue weighted by molar-refractivity contribution is 7.22. The highest BCUT2D eigenvalue weighted by Gasteiger charge is 2.21. The molecule has 0 N–H and O–H groups in total. The first-order valence-electron chi connectivity index (χ1n) is 8.64. The van der Waals surface area contributed by atoms with E-state index in [1.807, 2.05) is 32.3 Å². The van der Waals surface area contributed by atoms with Crippen molar-refractivity contribution in [3.63, 3.8) is 0 Å². The van der Waals surface area contributed by atoms with Crippen molar-refractivity contribution in [2.24, 2.45) is 0 Å². The van der Waals surface area contributed by atoms with Crippen LogP contribution in [0.3, 0.4) is 0 Å². The largest absolute Gasteiger partial charge is 0.497 e. The monoisotopic (exact) mass is 387 g/mol. The fraction of sp³-hybridized carbons (Fsp3) is 0.300. The Labute approximate surface area is 162 Å². The Bertz CT molecular complexity index is 925. The van der Waals surface area contributed by atoms with Crippen molar-refractivity contribution in [2.75, 3.05) is 39.2 Å². The highest BCUT2D eigenvalue weighted by atomic mass is 32.1. The second kappa shape index (κ2) is 8.45. The van der Waals surface area contributed by atoms with Crippen molar-refractivity contribution >= 4 is 32.6 Å². The highest BCUT2D eigenvalue weighted by Crippen LogP contribution is 2.32. The van der Waals surface area contributed by atoms with Crippen LogP contribution in [-0.4, -0.2) is 50.1 Å². The summed E-state index contributed by atoms with van der Waals surface area (Å²) in [6, 6.07) is 11.3. The summed E-state index contributed by atoms with van der Waals surface area (Å²) in [5.41, 5.74) is 1.23. The number of thiazole rings is 1. The summed E-state index contributed by atoms with van der Waals surface area (Å²) in [7, 11) is 5.60. The molecule has 3 rings (SSSR count). The molecule has 0 fully saturated rings. The lowest BCUT2D eigenvalue weighted by Crippen LogP contribution is -2.33. The van der Waals surface area contributed by atoms with Crippen molar-refractivity contribution in [1.82, 2.24) is 9.88 Å². The summed E-state index contributed by atoms with van der Waals surface area (Å²) >= 11 is 1.46. The van der Waals surface area contributed by atoms with Crippen LogP contribution in [0.4, 0.5) is 9.52 Å². The average Bonchev–Trinajstić information content (AvgIpc) is 3.07. The molecule has 5 nitrogen and oxygen atoms in total. The number of halogens is 1. The third-order valence-electron chi connectivity index (χ3n) is 4.14. The van der Waals surface area contributed by atoms with Gasteiger partial charge in [-0.2, -0.15) is 0 Å². The molecular weight excluding hydrogens is 365 g/mol. The summed E-state index contributed by atoms with van der Waals surface area (Å²) in [4.78, 5) is 21.5. The van der Waals surface area contributed by atoms with Crippen molar-refractivity contribution < 1.29 is 13.9 Å². The lowest BCUT2D eigenvalue weighted by molar-refractivity contribution is 0.0986. The number of hydrogen-bond donors (Lipinski definition) is 0. The molecule has 1 heterocycles. The molecule has 1 amide bonds. The smallest absolute Gasteiger partial charge is 0.260 e. The van der Waals surface area contributed by atoms with E-state index in [4.69, 9.17) is 4.74 Å². The van der Waals surface area contributed by atoms with E-state index in [-0.39, 0.29) is 11.7 Å². The van der Waals surface area contributed by atoms with Gasteiger partial charge in [-0.25, -0.2) is 9.37 Å². The van der Waals surface area contributed by atoms with Gasteiger partial charge < -0.3 is 9.64 Å². The average molecular weight is 387 g/mol. The molecule has 0 aliphatic heterocycles. The fourth-order valence-corrected chi connectivity index (χ4v) is 3.69. The van der Waals surface area contributed by atoms with Gasteiger partial charge in [0.15, 0.2) is 5.13 Å². The zero-order valence-electron chi connectivity index (χ0n) is 15.6. The predicted molar refractivity (Wildman–Crippen MR) is 107 cm³/mol. The van der Waals surface area contributed by atoms with E-state index in [0.29, 0.717) is 17.2 Å². The molecule has 0 saturated heterocycles. The van der Waals surface area contributed by atoms with Crippen molar-refractivity contribution in [3.8, 4) is 5.75 Å². The summed E-state index contributed by atoms with van der Waals surface area (Å²) < 4.78 is 19.5. The van der Waals surface area contributed by atoms with Gasteiger partial charge in [0.1, 0.15) is 11.6 Å². The number of amides is 1. The predicted octanol–water partition coefficient (Wildman–Crippen LogP) is 4.04. The van der Waals surface area contributed by atoms with Gasteiger partial charge >= 0.3 is 0 Å². The van der Waals surface area contributed by atoms with Crippen molar-refractivity contribution in [1.29, 1.82) is 0 Å². The number of carbonyl (C=O) groups excluding carboxylic acids is 1. The van der Waals surface area contributed by atoms with Crippen molar-refractivity contribution in [3.05, 3.63) is 53.8 Å². The summed E-state index contributed by atoms with van der Waals surface area (Å²) in [6.07, 6.45) is 0.805. The molecular formula is C20H22FN3O2S. The molecule has 0 saturated carbocycles. The van der Waals surface area contributed by atoms with E-state index < -0.39 is 0 Å². The standard InChI is InChI=1S/C20H22FN3O2S/c1-23(2)11-4-12-24(19(25)14-5-7-15(21)8-6-14)20-22-17-13-16(26-3)9-10-18(17)27-20/h5-10,13H,4,11-12H2,1-3H3. The van der Waals surface area contributed by atoms with Gasteiger partial charge in [-0.1, -0.05) is 11.3 Å². The Kier molecular flexibility index (Phi) is 6.03. The number of carbonyl (C=O) groups is 1. The molecule has 1 aromatic heterocycles. The van der Waals surface area contributed by atoms with Crippen LogP contribution in [0.1, 0.15) is 16.8 Å². The minimum Gasteiger partial charge on any atom is -0.497 e. The zero-order chi connectivity index (χ0) is 19.4. The number of aromatic nitrogens is 1. The second-order valence-electron chi connectivity index (χ2n) is 6.45. The molecule has 27 heavy (non-hydrogen) atoms. The first-order chi connectivity index (χ1) is 13.0. The molecule has 0 spiro atoms. The summed E-state index contributed by atoms with van der Waals surface area (Å²) in [5.74, 6) is 0.181. The number of nitrogens with zero attached hydrogens (tertiary/aromatic N) is 3. The maximum absolute atomic E-state index is 13.2. The normalized spacial score (nSPS) is 11.1. The summed E-state index contributed by atoms with van der Waals surface area (Å²) in [5, 5.41) is 0.631. The van der Waals surface area contributed by atoms with Crippen LogP contribution < -0.4 is 9.64 Å². The second-order valence-corrected chi connectivity index (χ2v) is 7.46. The van der Waals surface area contributed by atoms with E-state index in [0.717, 1.165) is 28.9 Å². The van der Waals surface area contributed by atoms with E-state index >= 15 is 0 Å². The summed E-state index contributed by atoms with van der Waals surface area (Å²) in [6.45, 7) is 1.39. The van der Waals surface area contributed by atoms with Crippen LogP contribution in [0.25, 0.3) is 10.2 Å². The SMILES string of the molecule is COc1ccc2sc(N(CCCN(C)C)C(=O)c3ccc(F)cc3)nc2c1. The number of ether oxygens (including phenoxy) is 1. The number of methoxy groups -OCH3 is 1. The number of anilines is 1. The third kappa shape index (κ3) is 4.61. The van der Waals surface area contributed by atoms with Gasteiger partial charge in [-0.3, -0.25) is 9.69 Å². The Hall–Kier alpha value is -2.51. The van der Waals surface area contributed by atoms with Gasteiger partial charge in [0.2, 0.25) is 0 Å². The quantitative estimate of drug-likeness (QED) is 0.614. The van der Waals surface area contributed by atoms with Crippen LogP contribution in [0, 0.1) is 5.82 Å². The first kappa shape index (κ1) is 19.3. The Morgan fingerprint density at radius 3 is 2.56 bits per heavy atom. The molecule has 2 aromatic carbocycles. The van der Waals surface area contributed by atoms with E-state index in [1.165, 1.54) is 35.6 Å². The number of benzene rings is 2. The molecule has 0 atom stereocenters. The first-order valence-corrected chi connectivity index (χ1v) is 9.46. The number of rotatable bonds is 7. The molecule has 0 aliphatic rings. The van der Waals surface area contributed by atoms with Gasteiger partial charge in [0, 0.05) is 18.2 Å². The molecule has 0 aliphatic carbocycles. The number of fused-ring (bicyclic) bond motifs is 1. The molecule has 0 bridgehead atoms. The Morgan fingerprint density at radius 1 is 1.15 bits per heavy atom. The minimum absolute atomic E-state index is 0.181. The van der Waals surface area contributed by atoms with Crippen LogP contribution >= 0.6 is 11.3 Å². The fourth-order valence-electron chi connectivity index (χ4n) is 2.71. The lowest BCUT2D eigenvalue weighted by Gasteiger charge is -2.21.